The molecule has 0 bridgehead atoms. The molecule has 0 aliphatic heterocycles. The van der Waals surface area contributed by atoms with E-state index in [2.05, 4.69) is 5.32 Å². The smallest absolute Gasteiger partial charge is 0.266 e. The maximum absolute atomic E-state index is 12.7. The molecule has 0 saturated carbocycles. The zero-order valence-corrected chi connectivity index (χ0v) is 16.2. The molecular weight excluding hydrogens is 348 g/mol. The third kappa shape index (κ3) is 3.60. The first-order valence-electron chi connectivity index (χ1n) is 8.89. The highest BCUT2D eigenvalue weighted by Crippen LogP contribution is 2.39. The van der Waals surface area contributed by atoms with Gasteiger partial charge in [-0.15, -0.1) is 11.3 Å². The number of amides is 2. The number of benzene rings is 1. The second kappa shape index (κ2) is 7.50. The first kappa shape index (κ1) is 18.5. The van der Waals surface area contributed by atoms with Crippen molar-refractivity contribution in [3.05, 3.63) is 45.3 Å². The van der Waals surface area contributed by atoms with Gasteiger partial charge < -0.3 is 15.8 Å². The number of hydrogen-bond acceptors (Lipinski definition) is 4. The molecule has 1 heterocycles. The van der Waals surface area contributed by atoms with E-state index in [0.29, 0.717) is 22.7 Å². The van der Waals surface area contributed by atoms with Crippen LogP contribution in [0.4, 0.5) is 5.00 Å². The van der Waals surface area contributed by atoms with Crippen LogP contribution in [0, 0.1) is 13.8 Å². The summed E-state index contributed by atoms with van der Waals surface area (Å²) in [5.74, 6) is -0.0742. The standard InChI is InChI=1S/C20H24N2O3S/c1-4-15(25-13-9-8-11(2)12(3)10-13)19(24)22-20-17(18(21)23)14-6-5-7-16(14)26-20/h8-10,15H,4-7H2,1-3H3,(H2,21,23)(H,22,24)/t15-/m0/s1. The van der Waals surface area contributed by atoms with Gasteiger partial charge in [0.2, 0.25) is 0 Å². The molecule has 138 valence electrons. The van der Waals surface area contributed by atoms with Gasteiger partial charge in [-0.05, 0) is 68.4 Å². The Bertz CT molecular complexity index is 857. The Kier molecular flexibility index (Phi) is 5.32. The molecule has 1 aromatic heterocycles. The minimum Gasteiger partial charge on any atom is -0.481 e. The van der Waals surface area contributed by atoms with Crippen molar-refractivity contribution >= 4 is 28.2 Å². The summed E-state index contributed by atoms with van der Waals surface area (Å²) in [5, 5.41) is 3.42. The molecule has 1 aliphatic carbocycles. The summed E-state index contributed by atoms with van der Waals surface area (Å²) >= 11 is 1.46. The van der Waals surface area contributed by atoms with Crippen LogP contribution in [0.1, 0.15) is 51.7 Å². The summed E-state index contributed by atoms with van der Waals surface area (Å²) in [6.07, 6.45) is 2.71. The van der Waals surface area contributed by atoms with E-state index < -0.39 is 12.0 Å². The maximum Gasteiger partial charge on any atom is 0.266 e. The van der Waals surface area contributed by atoms with Gasteiger partial charge in [0.1, 0.15) is 10.8 Å². The zero-order chi connectivity index (χ0) is 18.8. The lowest BCUT2D eigenvalue weighted by atomic mass is 10.1. The molecule has 26 heavy (non-hydrogen) atoms. The fraction of sp³-hybridized carbons (Fsp3) is 0.400. The molecule has 3 N–H and O–H groups in total. The van der Waals surface area contributed by atoms with E-state index in [1.54, 1.807) is 0 Å². The zero-order valence-electron chi connectivity index (χ0n) is 15.3. The van der Waals surface area contributed by atoms with Gasteiger partial charge in [-0.1, -0.05) is 13.0 Å². The molecule has 0 radical (unpaired) electrons. The maximum atomic E-state index is 12.7. The second-order valence-corrected chi connectivity index (χ2v) is 7.78. The largest absolute Gasteiger partial charge is 0.481 e. The highest BCUT2D eigenvalue weighted by molar-refractivity contribution is 7.17. The molecule has 0 fully saturated rings. The molecular formula is C20H24N2O3S. The number of carbonyl (C=O) groups is 2. The number of ether oxygens (including phenoxy) is 1. The van der Waals surface area contributed by atoms with Crippen LogP contribution < -0.4 is 15.8 Å². The van der Waals surface area contributed by atoms with Crippen LogP contribution in [-0.4, -0.2) is 17.9 Å². The van der Waals surface area contributed by atoms with Gasteiger partial charge in [-0.3, -0.25) is 9.59 Å². The average Bonchev–Trinajstić information content (AvgIpc) is 3.15. The van der Waals surface area contributed by atoms with Gasteiger partial charge in [0.15, 0.2) is 6.10 Å². The van der Waals surface area contributed by atoms with Crippen LogP contribution in [0.3, 0.4) is 0 Å². The molecule has 0 spiro atoms. The number of primary amides is 1. The van der Waals surface area contributed by atoms with Crippen molar-refractivity contribution in [3.8, 4) is 5.75 Å². The molecule has 2 aromatic rings. The Balaban J connectivity index is 1.78. The summed E-state index contributed by atoms with van der Waals surface area (Å²) < 4.78 is 5.89. The summed E-state index contributed by atoms with van der Waals surface area (Å²) in [5.41, 5.74) is 9.32. The van der Waals surface area contributed by atoms with E-state index in [-0.39, 0.29) is 5.91 Å². The van der Waals surface area contributed by atoms with Gasteiger partial charge in [-0.2, -0.15) is 0 Å². The summed E-state index contributed by atoms with van der Waals surface area (Å²) in [7, 11) is 0. The first-order chi connectivity index (χ1) is 12.4. The fourth-order valence-corrected chi connectivity index (χ4v) is 4.52. The number of rotatable bonds is 6. The molecule has 2 amide bonds. The van der Waals surface area contributed by atoms with Crippen molar-refractivity contribution in [2.75, 3.05) is 5.32 Å². The third-order valence-corrected chi connectivity index (χ3v) is 6.03. The van der Waals surface area contributed by atoms with Crippen molar-refractivity contribution in [2.24, 2.45) is 5.73 Å². The number of nitrogens with one attached hydrogen (secondary N) is 1. The number of aryl methyl sites for hydroxylation is 3. The van der Waals surface area contributed by atoms with Gasteiger partial charge in [0, 0.05) is 4.88 Å². The topological polar surface area (TPSA) is 81.4 Å². The number of nitrogens with two attached hydrogens (primary N) is 1. The van der Waals surface area contributed by atoms with E-state index >= 15 is 0 Å². The predicted octanol–water partition coefficient (Wildman–Crippen LogP) is 3.75. The minimum absolute atomic E-state index is 0.256. The molecule has 1 atom stereocenters. The number of fused-ring (bicyclic) bond motifs is 1. The Morgan fingerprint density at radius 3 is 2.69 bits per heavy atom. The molecule has 0 saturated heterocycles. The van der Waals surface area contributed by atoms with Crippen molar-refractivity contribution in [3.63, 3.8) is 0 Å². The average molecular weight is 372 g/mol. The molecule has 5 nitrogen and oxygen atoms in total. The van der Waals surface area contributed by atoms with Crippen LogP contribution in [0.15, 0.2) is 18.2 Å². The summed E-state index contributed by atoms with van der Waals surface area (Å²) in [6, 6.07) is 5.77. The molecule has 6 heteroatoms. The van der Waals surface area contributed by atoms with E-state index in [1.807, 2.05) is 39.0 Å². The fourth-order valence-electron chi connectivity index (χ4n) is 3.22. The SMILES string of the molecule is CC[C@H](Oc1ccc(C)c(C)c1)C(=O)Nc1sc2c(c1C(N)=O)CCC2. The summed E-state index contributed by atoms with van der Waals surface area (Å²) in [4.78, 5) is 25.7. The number of hydrogen-bond donors (Lipinski definition) is 2. The Hall–Kier alpha value is -2.34. The quantitative estimate of drug-likeness (QED) is 0.810. The normalized spacial score (nSPS) is 14.0. The van der Waals surface area contributed by atoms with Crippen LogP contribution in [0.2, 0.25) is 0 Å². The first-order valence-corrected chi connectivity index (χ1v) is 9.71. The minimum atomic E-state index is -0.630. The van der Waals surface area contributed by atoms with Crippen LogP contribution in [0.25, 0.3) is 0 Å². The van der Waals surface area contributed by atoms with Gasteiger partial charge >= 0.3 is 0 Å². The van der Waals surface area contributed by atoms with Crippen molar-refractivity contribution in [1.29, 1.82) is 0 Å². The highest BCUT2D eigenvalue weighted by atomic mass is 32.1. The Morgan fingerprint density at radius 2 is 2.04 bits per heavy atom. The van der Waals surface area contributed by atoms with Crippen LogP contribution >= 0.6 is 11.3 Å². The van der Waals surface area contributed by atoms with Crippen molar-refractivity contribution in [1.82, 2.24) is 0 Å². The summed E-state index contributed by atoms with van der Waals surface area (Å²) in [6.45, 7) is 5.94. The molecule has 3 rings (SSSR count). The van der Waals surface area contributed by atoms with Crippen LogP contribution in [0.5, 0.6) is 5.75 Å². The van der Waals surface area contributed by atoms with E-state index in [1.165, 1.54) is 16.9 Å². The monoisotopic (exact) mass is 372 g/mol. The van der Waals surface area contributed by atoms with E-state index in [4.69, 9.17) is 10.5 Å². The molecule has 0 unspecified atom stereocenters. The van der Waals surface area contributed by atoms with Gasteiger partial charge in [0.25, 0.3) is 11.8 Å². The number of anilines is 1. The highest BCUT2D eigenvalue weighted by Gasteiger charge is 2.28. The molecule has 1 aliphatic rings. The van der Waals surface area contributed by atoms with E-state index in [0.717, 1.165) is 35.3 Å². The van der Waals surface area contributed by atoms with Crippen molar-refractivity contribution in [2.45, 2.75) is 52.6 Å². The lowest BCUT2D eigenvalue weighted by Crippen LogP contribution is -2.32. The third-order valence-electron chi connectivity index (χ3n) is 4.82. The van der Waals surface area contributed by atoms with Crippen molar-refractivity contribution < 1.29 is 14.3 Å². The second-order valence-electron chi connectivity index (χ2n) is 6.68. The Labute approximate surface area is 157 Å². The lowest BCUT2D eigenvalue weighted by Gasteiger charge is -2.18. The van der Waals surface area contributed by atoms with Crippen LogP contribution in [-0.2, 0) is 17.6 Å². The molecule has 1 aromatic carbocycles. The van der Waals surface area contributed by atoms with Gasteiger partial charge in [-0.25, -0.2) is 0 Å². The predicted molar refractivity (Wildman–Crippen MR) is 104 cm³/mol. The van der Waals surface area contributed by atoms with Gasteiger partial charge in [0.05, 0.1) is 5.56 Å². The lowest BCUT2D eigenvalue weighted by molar-refractivity contribution is -0.122. The number of carbonyl (C=O) groups excluding carboxylic acids is 2. The van der Waals surface area contributed by atoms with E-state index in [9.17, 15) is 9.59 Å². The Morgan fingerprint density at radius 1 is 1.27 bits per heavy atom. The number of thiophene rings is 1.